The standard InChI is InChI=1S/C15H18N2S/c1-10-14(12-7-4-8-13(16)9-12)18-15(17-10)11-5-2-3-6-11/h4,7-9,11H,2-3,5-6,16H2,1H3. The summed E-state index contributed by atoms with van der Waals surface area (Å²) in [5.41, 5.74) is 9.03. The van der Waals surface area contributed by atoms with Crippen LogP contribution in [0, 0.1) is 6.92 Å². The molecule has 0 bridgehead atoms. The lowest BCUT2D eigenvalue weighted by molar-refractivity contribution is 0.714. The molecule has 2 aromatic rings. The first-order valence-electron chi connectivity index (χ1n) is 6.57. The maximum absolute atomic E-state index is 5.86. The van der Waals surface area contributed by atoms with Gasteiger partial charge in [0.25, 0.3) is 0 Å². The molecule has 0 amide bonds. The molecule has 0 spiro atoms. The summed E-state index contributed by atoms with van der Waals surface area (Å²) in [4.78, 5) is 6.06. The van der Waals surface area contributed by atoms with Gasteiger partial charge in [0.15, 0.2) is 0 Å². The van der Waals surface area contributed by atoms with Gasteiger partial charge in [-0.25, -0.2) is 4.98 Å². The molecule has 0 aliphatic heterocycles. The number of aryl methyl sites for hydroxylation is 1. The Kier molecular flexibility index (Phi) is 3.08. The predicted molar refractivity (Wildman–Crippen MR) is 77.9 cm³/mol. The van der Waals surface area contributed by atoms with E-state index in [0.29, 0.717) is 5.92 Å². The molecule has 2 N–H and O–H groups in total. The van der Waals surface area contributed by atoms with Gasteiger partial charge < -0.3 is 5.73 Å². The average molecular weight is 258 g/mol. The average Bonchev–Trinajstić information content (AvgIpc) is 2.97. The van der Waals surface area contributed by atoms with Gasteiger partial charge in [-0.2, -0.15) is 0 Å². The van der Waals surface area contributed by atoms with E-state index in [1.54, 1.807) is 0 Å². The van der Waals surface area contributed by atoms with E-state index in [-0.39, 0.29) is 0 Å². The van der Waals surface area contributed by atoms with Crippen LogP contribution >= 0.6 is 11.3 Å². The Morgan fingerprint density at radius 1 is 1.28 bits per heavy atom. The highest BCUT2D eigenvalue weighted by molar-refractivity contribution is 7.15. The Bertz CT molecular complexity index is 553. The lowest BCUT2D eigenvalue weighted by Gasteiger charge is -2.02. The monoisotopic (exact) mass is 258 g/mol. The summed E-state index contributed by atoms with van der Waals surface area (Å²) in [5.74, 6) is 0.698. The van der Waals surface area contributed by atoms with Crippen molar-refractivity contribution in [2.75, 3.05) is 5.73 Å². The van der Waals surface area contributed by atoms with Gasteiger partial charge in [-0.05, 0) is 37.5 Å². The van der Waals surface area contributed by atoms with Crippen molar-refractivity contribution in [3.8, 4) is 10.4 Å². The van der Waals surface area contributed by atoms with E-state index in [4.69, 9.17) is 10.7 Å². The summed E-state index contributed by atoms with van der Waals surface area (Å²) >= 11 is 1.85. The SMILES string of the molecule is Cc1nc(C2CCCC2)sc1-c1cccc(N)c1. The first-order valence-corrected chi connectivity index (χ1v) is 7.39. The summed E-state index contributed by atoms with van der Waals surface area (Å²) in [6.45, 7) is 2.10. The second kappa shape index (κ2) is 4.73. The van der Waals surface area contributed by atoms with Crippen LogP contribution in [0.5, 0.6) is 0 Å². The number of aromatic nitrogens is 1. The highest BCUT2D eigenvalue weighted by Gasteiger charge is 2.21. The topological polar surface area (TPSA) is 38.9 Å². The summed E-state index contributed by atoms with van der Waals surface area (Å²) in [5, 5.41) is 1.32. The van der Waals surface area contributed by atoms with E-state index in [2.05, 4.69) is 13.0 Å². The largest absolute Gasteiger partial charge is 0.399 e. The molecule has 0 unspecified atom stereocenters. The number of nitrogen functional groups attached to an aromatic ring is 1. The minimum absolute atomic E-state index is 0.698. The highest BCUT2D eigenvalue weighted by Crippen LogP contribution is 2.40. The molecule has 18 heavy (non-hydrogen) atoms. The number of thiazole rings is 1. The minimum Gasteiger partial charge on any atom is -0.399 e. The van der Waals surface area contributed by atoms with Crippen molar-refractivity contribution in [2.24, 2.45) is 0 Å². The van der Waals surface area contributed by atoms with Crippen LogP contribution in [0.25, 0.3) is 10.4 Å². The molecule has 2 nitrogen and oxygen atoms in total. The fraction of sp³-hybridized carbons (Fsp3) is 0.400. The smallest absolute Gasteiger partial charge is 0.0965 e. The first kappa shape index (κ1) is 11.7. The molecule has 0 radical (unpaired) electrons. The molecule has 1 aliphatic rings. The molecule has 1 fully saturated rings. The molecule has 1 heterocycles. The quantitative estimate of drug-likeness (QED) is 0.813. The summed E-state index contributed by atoms with van der Waals surface area (Å²) in [6.07, 6.45) is 5.33. The maximum atomic E-state index is 5.86. The lowest BCUT2D eigenvalue weighted by Crippen LogP contribution is -1.90. The third-order valence-corrected chi connectivity index (χ3v) is 5.04. The number of nitrogens with two attached hydrogens (primary N) is 1. The van der Waals surface area contributed by atoms with E-state index in [9.17, 15) is 0 Å². The van der Waals surface area contributed by atoms with Crippen LogP contribution in [0.4, 0.5) is 5.69 Å². The second-order valence-electron chi connectivity index (χ2n) is 5.07. The normalized spacial score (nSPS) is 16.3. The van der Waals surface area contributed by atoms with Gasteiger partial charge in [0, 0.05) is 11.6 Å². The van der Waals surface area contributed by atoms with Gasteiger partial charge in [-0.3, -0.25) is 0 Å². The fourth-order valence-electron chi connectivity index (χ4n) is 2.71. The van der Waals surface area contributed by atoms with E-state index >= 15 is 0 Å². The van der Waals surface area contributed by atoms with Crippen molar-refractivity contribution < 1.29 is 0 Å². The number of rotatable bonds is 2. The Balaban J connectivity index is 1.97. The summed E-state index contributed by atoms with van der Waals surface area (Å²) < 4.78 is 0. The van der Waals surface area contributed by atoms with Gasteiger partial charge >= 0.3 is 0 Å². The summed E-state index contributed by atoms with van der Waals surface area (Å²) in [7, 11) is 0. The molecular weight excluding hydrogens is 240 g/mol. The van der Waals surface area contributed by atoms with Crippen molar-refractivity contribution in [3.05, 3.63) is 35.0 Å². The van der Waals surface area contributed by atoms with E-state index < -0.39 is 0 Å². The van der Waals surface area contributed by atoms with Crippen LogP contribution in [0.2, 0.25) is 0 Å². The van der Waals surface area contributed by atoms with Crippen LogP contribution in [-0.4, -0.2) is 4.98 Å². The van der Waals surface area contributed by atoms with E-state index in [1.165, 1.54) is 41.1 Å². The van der Waals surface area contributed by atoms with Crippen LogP contribution < -0.4 is 5.73 Å². The van der Waals surface area contributed by atoms with Gasteiger partial charge in [-0.15, -0.1) is 11.3 Å². The molecule has 1 aromatic carbocycles. The molecule has 3 rings (SSSR count). The van der Waals surface area contributed by atoms with Gasteiger partial charge in [0.2, 0.25) is 0 Å². The van der Waals surface area contributed by atoms with Crippen molar-refractivity contribution in [2.45, 2.75) is 38.5 Å². The fourth-order valence-corrected chi connectivity index (χ4v) is 3.94. The Hall–Kier alpha value is -1.35. The Morgan fingerprint density at radius 3 is 2.78 bits per heavy atom. The number of benzene rings is 1. The van der Waals surface area contributed by atoms with Crippen molar-refractivity contribution in [1.29, 1.82) is 0 Å². The first-order chi connectivity index (χ1) is 8.74. The zero-order valence-electron chi connectivity index (χ0n) is 10.6. The molecule has 0 atom stereocenters. The lowest BCUT2D eigenvalue weighted by atomic mass is 10.1. The van der Waals surface area contributed by atoms with Crippen LogP contribution in [-0.2, 0) is 0 Å². The second-order valence-corrected chi connectivity index (χ2v) is 6.10. The molecule has 1 aromatic heterocycles. The van der Waals surface area contributed by atoms with E-state index in [1.807, 2.05) is 29.5 Å². The zero-order chi connectivity index (χ0) is 12.5. The van der Waals surface area contributed by atoms with Crippen LogP contribution in [0.3, 0.4) is 0 Å². The van der Waals surface area contributed by atoms with Gasteiger partial charge in [0.05, 0.1) is 15.6 Å². The molecule has 0 saturated heterocycles. The number of nitrogens with zero attached hydrogens (tertiary/aromatic N) is 1. The van der Waals surface area contributed by atoms with Crippen molar-refractivity contribution >= 4 is 17.0 Å². The predicted octanol–water partition coefficient (Wildman–Crippen LogP) is 4.36. The number of hydrogen-bond donors (Lipinski definition) is 1. The van der Waals surface area contributed by atoms with Crippen LogP contribution in [0.1, 0.15) is 42.3 Å². The highest BCUT2D eigenvalue weighted by atomic mass is 32.1. The molecule has 94 valence electrons. The van der Waals surface area contributed by atoms with Gasteiger partial charge in [-0.1, -0.05) is 25.0 Å². The Morgan fingerprint density at radius 2 is 2.06 bits per heavy atom. The van der Waals surface area contributed by atoms with Crippen molar-refractivity contribution in [1.82, 2.24) is 4.98 Å². The molecular formula is C15H18N2S. The van der Waals surface area contributed by atoms with Crippen LogP contribution in [0.15, 0.2) is 24.3 Å². The Labute approximate surface area is 112 Å². The third kappa shape index (κ3) is 2.15. The molecule has 1 aliphatic carbocycles. The van der Waals surface area contributed by atoms with Gasteiger partial charge in [0.1, 0.15) is 0 Å². The van der Waals surface area contributed by atoms with E-state index in [0.717, 1.165) is 11.4 Å². The summed E-state index contributed by atoms with van der Waals surface area (Å²) in [6, 6.07) is 8.10. The number of anilines is 1. The zero-order valence-corrected chi connectivity index (χ0v) is 11.5. The van der Waals surface area contributed by atoms with Crippen molar-refractivity contribution in [3.63, 3.8) is 0 Å². The number of hydrogen-bond acceptors (Lipinski definition) is 3. The molecule has 3 heteroatoms. The maximum Gasteiger partial charge on any atom is 0.0965 e. The third-order valence-electron chi connectivity index (χ3n) is 3.67. The molecule has 1 saturated carbocycles. The minimum atomic E-state index is 0.698.